The van der Waals surface area contributed by atoms with Crippen molar-refractivity contribution in [3.05, 3.63) is 35.9 Å². The Morgan fingerprint density at radius 1 is 1.35 bits per heavy atom. The van der Waals surface area contributed by atoms with E-state index in [1.807, 2.05) is 30.3 Å². The summed E-state index contributed by atoms with van der Waals surface area (Å²) in [6, 6.07) is 10.2. The van der Waals surface area contributed by atoms with Crippen LogP contribution in [0.15, 0.2) is 30.3 Å². The minimum atomic E-state index is -3.63. The number of nitrogens with zero attached hydrogens (tertiary/aromatic N) is 1. The standard InChI is InChI=1S/C11H14N2O3S/c12-6-7-17(15,16)13-11(9-14)8-10-4-2-1-3-5-10/h1-5,11,13-14H,7-9H2/t11-/m0/s1. The number of aliphatic hydroxyl groups excluding tert-OH is 1. The third kappa shape index (κ3) is 4.95. The fourth-order valence-electron chi connectivity index (χ4n) is 1.42. The highest BCUT2D eigenvalue weighted by Gasteiger charge is 2.17. The molecule has 0 spiro atoms. The van der Waals surface area contributed by atoms with Crippen molar-refractivity contribution in [3.8, 4) is 6.07 Å². The average molecular weight is 254 g/mol. The van der Waals surface area contributed by atoms with Crippen LogP contribution in [0.2, 0.25) is 0 Å². The maximum atomic E-state index is 11.3. The lowest BCUT2D eigenvalue weighted by atomic mass is 10.1. The van der Waals surface area contributed by atoms with Gasteiger partial charge in [0.25, 0.3) is 0 Å². The molecule has 0 saturated heterocycles. The first-order chi connectivity index (χ1) is 8.07. The van der Waals surface area contributed by atoms with Crippen molar-refractivity contribution in [2.24, 2.45) is 0 Å². The zero-order chi connectivity index (χ0) is 12.7. The molecule has 0 heterocycles. The van der Waals surface area contributed by atoms with Gasteiger partial charge < -0.3 is 5.11 Å². The zero-order valence-corrected chi connectivity index (χ0v) is 10.0. The van der Waals surface area contributed by atoms with Gasteiger partial charge in [-0.05, 0) is 12.0 Å². The molecule has 0 aliphatic carbocycles. The van der Waals surface area contributed by atoms with Crippen LogP contribution in [0.4, 0.5) is 0 Å². The van der Waals surface area contributed by atoms with Crippen molar-refractivity contribution < 1.29 is 13.5 Å². The molecule has 92 valence electrons. The number of hydrogen-bond donors (Lipinski definition) is 2. The zero-order valence-electron chi connectivity index (χ0n) is 9.20. The van der Waals surface area contributed by atoms with E-state index < -0.39 is 21.8 Å². The van der Waals surface area contributed by atoms with Gasteiger partial charge in [0.2, 0.25) is 10.0 Å². The first-order valence-electron chi connectivity index (χ1n) is 5.09. The van der Waals surface area contributed by atoms with Gasteiger partial charge in [0.05, 0.1) is 12.7 Å². The van der Waals surface area contributed by atoms with Gasteiger partial charge in [-0.3, -0.25) is 0 Å². The first kappa shape index (κ1) is 13.6. The molecule has 0 saturated carbocycles. The van der Waals surface area contributed by atoms with Crippen LogP contribution in [0.1, 0.15) is 5.56 Å². The van der Waals surface area contributed by atoms with E-state index in [0.717, 1.165) is 5.56 Å². The molecule has 1 aromatic carbocycles. The maximum Gasteiger partial charge on any atom is 0.225 e. The van der Waals surface area contributed by atoms with Crippen molar-refractivity contribution in [3.63, 3.8) is 0 Å². The van der Waals surface area contributed by atoms with Crippen molar-refractivity contribution in [2.45, 2.75) is 12.5 Å². The molecule has 0 unspecified atom stereocenters. The third-order valence-corrected chi connectivity index (χ3v) is 3.35. The van der Waals surface area contributed by atoms with Gasteiger partial charge in [-0.15, -0.1) is 0 Å². The van der Waals surface area contributed by atoms with E-state index in [4.69, 9.17) is 10.4 Å². The van der Waals surface area contributed by atoms with Crippen LogP contribution in [0.5, 0.6) is 0 Å². The van der Waals surface area contributed by atoms with Gasteiger partial charge in [-0.2, -0.15) is 5.26 Å². The van der Waals surface area contributed by atoms with E-state index >= 15 is 0 Å². The summed E-state index contributed by atoms with van der Waals surface area (Å²) in [6.45, 7) is -0.306. The summed E-state index contributed by atoms with van der Waals surface area (Å²) in [5.41, 5.74) is 0.922. The van der Waals surface area contributed by atoms with Gasteiger partial charge in [0.1, 0.15) is 0 Å². The van der Waals surface area contributed by atoms with E-state index in [2.05, 4.69) is 4.72 Å². The van der Waals surface area contributed by atoms with Gasteiger partial charge in [0, 0.05) is 6.04 Å². The number of rotatable bonds is 6. The van der Waals surface area contributed by atoms with Crippen LogP contribution in [0.25, 0.3) is 0 Å². The summed E-state index contributed by atoms with van der Waals surface area (Å²) in [5, 5.41) is 17.5. The maximum absolute atomic E-state index is 11.3. The normalized spacial score (nSPS) is 12.9. The number of sulfonamides is 1. The molecule has 0 aromatic heterocycles. The number of hydrogen-bond acceptors (Lipinski definition) is 4. The highest BCUT2D eigenvalue weighted by Crippen LogP contribution is 2.03. The van der Waals surface area contributed by atoms with Crippen LogP contribution in [0, 0.1) is 11.3 Å². The molecule has 2 N–H and O–H groups in total. The molecule has 0 amide bonds. The fourth-order valence-corrected chi connectivity index (χ4v) is 2.34. The summed E-state index contributed by atoms with van der Waals surface area (Å²) >= 11 is 0. The Hall–Kier alpha value is -1.42. The van der Waals surface area contributed by atoms with Gasteiger partial charge in [-0.1, -0.05) is 30.3 Å². The van der Waals surface area contributed by atoms with Crippen LogP contribution in [-0.4, -0.2) is 31.9 Å². The van der Waals surface area contributed by atoms with Crippen LogP contribution in [-0.2, 0) is 16.4 Å². The second-order valence-electron chi connectivity index (χ2n) is 3.60. The SMILES string of the molecule is N#CCS(=O)(=O)N[C@H](CO)Cc1ccccc1. The summed E-state index contributed by atoms with van der Waals surface area (Å²) in [4.78, 5) is 0. The van der Waals surface area contributed by atoms with Crippen LogP contribution in [0.3, 0.4) is 0 Å². The molecule has 1 rings (SSSR count). The molecular weight excluding hydrogens is 240 g/mol. The Balaban J connectivity index is 2.65. The predicted octanol–water partition coefficient (Wildman–Crippen LogP) is 0.0330. The molecule has 0 bridgehead atoms. The second kappa shape index (κ2) is 6.35. The number of nitrogens with one attached hydrogen (secondary N) is 1. The molecule has 0 aliphatic heterocycles. The van der Waals surface area contributed by atoms with Gasteiger partial charge in [0.15, 0.2) is 5.75 Å². The van der Waals surface area contributed by atoms with E-state index in [1.165, 1.54) is 0 Å². The van der Waals surface area contributed by atoms with Crippen molar-refractivity contribution in [1.29, 1.82) is 5.26 Å². The molecule has 0 fully saturated rings. The smallest absolute Gasteiger partial charge is 0.225 e. The number of nitriles is 1. The Morgan fingerprint density at radius 3 is 2.53 bits per heavy atom. The molecule has 0 radical (unpaired) electrons. The summed E-state index contributed by atoms with van der Waals surface area (Å²) in [7, 11) is -3.63. The molecule has 0 aliphatic rings. The lowest BCUT2D eigenvalue weighted by Gasteiger charge is -2.15. The lowest BCUT2D eigenvalue weighted by Crippen LogP contribution is -2.40. The highest BCUT2D eigenvalue weighted by molar-refractivity contribution is 7.89. The van der Waals surface area contributed by atoms with Gasteiger partial charge in [-0.25, -0.2) is 13.1 Å². The van der Waals surface area contributed by atoms with Crippen molar-refractivity contribution in [1.82, 2.24) is 4.72 Å². The summed E-state index contributed by atoms with van der Waals surface area (Å²) < 4.78 is 25.0. The number of aliphatic hydroxyl groups is 1. The lowest BCUT2D eigenvalue weighted by molar-refractivity contribution is 0.256. The van der Waals surface area contributed by atoms with Crippen LogP contribution >= 0.6 is 0 Å². The minimum Gasteiger partial charge on any atom is -0.395 e. The molecule has 1 aromatic rings. The van der Waals surface area contributed by atoms with Crippen molar-refractivity contribution in [2.75, 3.05) is 12.4 Å². The number of benzene rings is 1. The predicted molar refractivity (Wildman–Crippen MR) is 63.6 cm³/mol. The molecule has 6 heteroatoms. The topological polar surface area (TPSA) is 90.2 Å². The fraction of sp³-hybridized carbons (Fsp3) is 0.364. The largest absolute Gasteiger partial charge is 0.395 e. The highest BCUT2D eigenvalue weighted by atomic mass is 32.2. The molecule has 17 heavy (non-hydrogen) atoms. The molecular formula is C11H14N2O3S. The second-order valence-corrected chi connectivity index (χ2v) is 5.36. The average Bonchev–Trinajstić information content (AvgIpc) is 2.29. The Labute approximate surface area is 101 Å². The quantitative estimate of drug-likeness (QED) is 0.749. The van der Waals surface area contributed by atoms with E-state index in [1.54, 1.807) is 6.07 Å². The van der Waals surface area contributed by atoms with Crippen LogP contribution < -0.4 is 4.72 Å². The monoisotopic (exact) mass is 254 g/mol. The Bertz CT molecular complexity index is 479. The summed E-state index contributed by atoms with van der Waals surface area (Å²) in [5.74, 6) is -0.599. The first-order valence-corrected chi connectivity index (χ1v) is 6.74. The van der Waals surface area contributed by atoms with E-state index in [-0.39, 0.29) is 6.61 Å². The third-order valence-electron chi connectivity index (χ3n) is 2.15. The molecule has 1 atom stereocenters. The Morgan fingerprint density at radius 2 is 2.00 bits per heavy atom. The van der Waals surface area contributed by atoms with E-state index in [0.29, 0.717) is 6.42 Å². The molecule has 5 nitrogen and oxygen atoms in total. The van der Waals surface area contributed by atoms with E-state index in [9.17, 15) is 8.42 Å². The Kier molecular flexibility index (Phi) is 5.10. The van der Waals surface area contributed by atoms with Gasteiger partial charge >= 0.3 is 0 Å². The minimum absolute atomic E-state index is 0.306. The summed E-state index contributed by atoms with van der Waals surface area (Å²) in [6.07, 6.45) is 0.391. The van der Waals surface area contributed by atoms with Crippen molar-refractivity contribution >= 4 is 10.0 Å².